The summed E-state index contributed by atoms with van der Waals surface area (Å²) in [4.78, 5) is 11.9. The molecule has 0 bridgehead atoms. The van der Waals surface area contributed by atoms with Crippen molar-refractivity contribution in [3.8, 4) is 0 Å². The molecule has 98 valence electrons. The molecule has 0 aromatic heterocycles. The van der Waals surface area contributed by atoms with Gasteiger partial charge in [0.1, 0.15) is 11.6 Å². The number of rotatable bonds is 3. The number of hydrogen-bond donors (Lipinski definition) is 2. The molecule has 1 aliphatic rings. The van der Waals surface area contributed by atoms with Gasteiger partial charge in [-0.15, -0.1) is 0 Å². The summed E-state index contributed by atoms with van der Waals surface area (Å²) in [6.45, 7) is 0.516. The molecule has 0 saturated heterocycles. The van der Waals surface area contributed by atoms with Crippen molar-refractivity contribution in [3.05, 3.63) is 35.4 Å². The van der Waals surface area contributed by atoms with Crippen molar-refractivity contribution in [2.45, 2.75) is 25.3 Å². The van der Waals surface area contributed by atoms with E-state index in [0.717, 1.165) is 37.5 Å². The predicted molar refractivity (Wildman–Crippen MR) is 64.0 cm³/mol. The van der Waals surface area contributed by atoms with E-state index in [1.807, 2.05) is 0 Å². The molecule has 1 aliphatic carbocycles. The highest BCUT2D eigenvalue weighted by atomic mass is 19.1. The summed E-state index contributed by atoms with van der Waals surface area (Å²) in [5.41, 5.74) is 5.62. The Balaban J connectivity index is 2.07. The van der Waals surface area contributed by atoms with E-state index in [2.05, 4.69) is 5.32 Å². The molecule has 0 radical (unpaired) electrons. The first-order valence-electron chi connectivity index (χ1n) is 6.07. The zero-order chi connectivity index (χ0) is 13.1. The monoisotopic (exact) mass is 254 g/mol. The summed E-state index contributed by atoms with van der Waals surface area (Å²) in [6, 6.07) is 2.82. The van der Waals surface area contributed by atoms with E-state index in [1.165, 1.54) is 0 Å². The van der Waals surface area contributed by atoms with Crippen LogP contribution in [-0.4, -0.2) is 18.5 Å². The van der Waals surface area contributed by atoms with Crippen LogP contribution in [0.2, 0.25) is 0 Å². The van der Waals surface area contributed by atoms with Gasteiger partial charge in [0.25, 0.3) is 5.91 Å². The second-order valence-corrected chi connectivity index (χ2v) is 4.66. The van der Waals surface area contributed by atoms with Gasteiger partial charge in [0.05, 0.1) is 0 Å². The Morgan fingerprint density at radius 1 is 1.28 bits per heavy atom. The first-order chi connectivity index (χ1) is 8.60. The van der Waals surface area contributed by atoms with Crippen LogP contribution in [0.1, 0.15) is 29.6 Å². The van der Waals surface area contributed by atoms with E-state index in [1.54, 1.807) is 0 Å². The van der Waals surface area contributed by atoms with E-state index in [9.17, 15) is 13.6 Å². The van der Waals surface area contributed by atoms with Crippen LogP contribution in [0.3, 0.4) is 0 Å². The van der Waals surface area contributed by atoms with E-state index in [-0.39, 0.29) is 17.5 Å². The zero-order valence-corrected chi connectivity index (χ0v) is 9.96. The number of amides is 1. The lowest BCUT2D eigenvalue weighted by molar-refractivity contribution is 0.0928. The minimum Gasteiger partial charge on any atom is -0.349 e. The molecule has 1 aromatic carbocycles. The number of carbonyl (C=O) groups is 1. The Labute approximate surface area is 104 Å². The van der Waals surface area contributed by atoms with Crippen LogP contribution < -0.4 is 11.1 Å². The van der Waals surface area contributed by atoms with E-state index < -0.39 is 17.5 Å². The molecule has 18 heavy (non-hydrogen) atoms. The van der Waals surface area contributed by atoms with Crippen molar-refractivity contribution >= 4 is 5.91 Å². The second kappa shape index (κ2) is 5.44. The van der Waals surface area contributed by atoms with Gasteiger partial charge in [-0.3, -0.25) is 4.79 Å². The van der Waals surface area contributed by atoms with Gasteiger partial charge in [0, 0.05) is 17.7 Å². The third kappa shape index (κ3) is 2.85. The molecule has 2 unspecified atom stereocenters. The Morgan fingerprint density at radius 2 is 1.94 bits per heavy atom. The van der Waals surface area contributed by atoms with Crippen LogP contribution in [0, 0.1) is 17.6 Å². The fraction of sp³-hybridized carbons (Fsp3) is 0.462. The minimum absolute atomic E-state index is 0.00817. The molecule has 1 saturated carbocycles. The number of nitrogens with one attached hydrogen (secondary N) is 1. The topological polar surface area (TPSA) is 55.1 Å². The highest BCUT2D eigenvalue weighted by Crippen LogP contribution is 2.24. The molecular weight excluding hydrogens is 238 g/mol. The molecule has 3 nitrogen and oxygen atoms in total. The van der Waals surface area contributed by atoms with E-state index in [0.29, 0.717) is 6.54 Å². The summed E-state index contributed by atoms with van der Waals surface area (Å²) < 4.78 is 26.0. The van der Waals surface area contributed by atoms with Gasteiger partial charge in [-0.2, -0.15) is 0 Å². The van der Waals surface area contributed by atoms with Crippen molar-refractivity contribution in [1.29, 1.82) is 0 Å². The largest absolute Gasteiger partial charge is 0.349 e. The molecule has 2 atom stereocenters. The zero-order valence-electron chi connectivity index (χ0n) is 9.96. The van der Waals surface area contributed by atoms with Gasteiger partial charge >= 0.3 is 0 Å². The van der Waals surface area contributed by atoms with E-state index >= 15 is 0 Å². The summed E-state index contributed by atoms with van der Waals surface area (Å²) in [5, 5.41) is 2.80. The Morgan fingerprint density at radius 3 is 2.56 bits per heavy atom. The summed E-state index contributed by atoms with van der Waals surface area (Å²) >= 11 is 0. The fourth-order valence-corrected chi connectivity index (χ4v) is 2.45. The highest BCUT2D eigenvalue weighted by Gasteiger charge is 2.27. The predicted octanol–water partition coefficient (Wildman–Crippen LogP) is 1.82. The molecule has 5 heteroatoms. The van der Waals surface area contributed by atoms with Crippen LogP contribution in [0.4, 0.5) is 8.78 Å². The third-order valence-electron chi connectivity index (χ3n) is 3.40. The summed E-state index contributed by atoms with van der Waals surface area (Å²) in [7, 11) is 0. The number of benzene rings is 1. The van der Waals surface area contributed by atoms with Gasteiger partial charge in [0.2, 0.25) is 0 Å². The summed E-state index contributed by atoms with van der Waals surface area (Å²) in [6.07, 6.45) is 2.87. The smallest absolute Gasteiger partial charge is 0.251 e. The van der Waals surface area contributed by atoms with Crippen molar-refractivity contribution in [2.75, 3.05) is 6.54 Å². The maximum Gasteiger partial charge on any atom is 0.251 e. The molecule has 2 rings (SSSR count). The van der Waals surface area contributed by atoms with Crippen molar-refractivity contribution in [2.24, 2.45) is 11.7 Å². The molecule has 0 aliphatic heterocycles. The second-order valence-electron chi connectivity index (χ2n) is 4.66. The van der Waals surface area contributed by atoms with Gasteiger partial charge in [-0.25, -0.2) is 8.78 Å². The highest BCUT2D eigenvalue weighted by molar-refractivity contribution is 5.94. The summed E-state index contributed by atoms with van der Waals surface area (Å²) in [5.74, 6) is -1.69. The van der Waals surface area contributed by atoms with Crippen molar-refractivity contribution in [1.82, 2.24) is 5.32 Å². The Kier molecular flexibility index (Phi) is 3.91. The van der Waals surface area contributed by atoms with Crippen LogP contribution >= 0.6 is 0 Å². The van der Waals surface area contributed by atoms with Gasteiger partial charge in [0.15, 0.2) is 0 Å². The molecule has 3 N–H and O–H groups in total. The Bertz CT molecular complexity index is 430. The van der Waals surface area contributed by atoms with Crippen LogP contribution in [0.5, 0.6) is 0 Å². The minimum atomic E-state index is -0.748. The molecule has 1 amide bonds. The van der Waals surface area contributed by atoms with Crippen LogP contribution in [0.15, 0.2) is 18.2 Å². The van der Waals surface area contributed by atoms with Crippen LogP contribution in [-0.2, 0) is 0 Å². The fourth-order valence-electron chi connectivity index (χ4n) is 2.45. The quantitative estimate of drug-likeness (QED) is 0.864. The Hall–Kier alpha value is -1.49. The molecule has 0 spiro atoms. The molecule has 0 heterocycles. The number of hydrogen-bond acceptors (Lipinski definition) is 2. The van der Waals surface area contributed by atoms with E-state index in [4.69, 9.17) is 5.73 Å². The van der Waals surface area contributed by atoms with Crippen molar-refractivity contribution in [3.63, 3.8) is 0 Å². The molecule has 1 fully saturated rings. The van der Waals surface area contributed by atoms with Gasteiger partial charge in [-0.05, 0) is 37.4 Å². The molecular formula is C13H16F2N2O. The average molecular weight is 254 g/mol. The lowest BCUT2D eigenvalue weighted by atomic mass is 10.0. The standard InChI is InChI=1S/C13H16F2N2O/c14-10-4-9(5-11(15)6-10)13(18)17-12-3-1-2-8(12)7-16/h4-6,8,12H,1-3,7,16H2,(H,17,18). The maximum atomic E-state index is 13.0. The number of carbonyl (C=O) groups excluding carboxylic acids is 1. The maximum absolute atomic E-state index is 13.0. The first-order valence-corrected chi connectivity index (χ1v) is 6.07. The number of nitrogens with two attached hydrogens (primary N) is 1. The van der Waals surface area contributed by atoms with Gasteiger partial charge < -0.3 is 11.1 Å². The lowest BCUT2D eigenvalue weighted by Crippen LogP contribution is -2.39. The normalized spacial score (nSPS) is 23.1. The SMILES string of the molecule is NCC1CCCC1NC(=O)c1cc(F)cc(F)c1. The lowest BCUT2D eigenvalue weighted by Gasteiger charge is -2.19. The van der Waals surface area contributed by atoms with Crippen molar-refractivity contribution < 1.29 is 13.6 Å². The number of halogens is 2. The molecule has 1 aromatic rings. The van der Waals surface area contributed by atoms with Gasteiger partial charge in [-0.1, -0.05) is 6.42 Å². The third-order valence-corrected chi connectivity index (χ3v) is 3.40. The first kappa shape index (κ1) is 13.0. The van der Waals surface area contributed by atoms with Crippen LogP contribution in [0.25, 0.3) is 0 Å². The average Bonchev–Trinajstić information content (AvgIpc) is 2.75.